The molecule has 0 aromatic heterocycles. The number of rotatable bonds is 5. The Morgan fingerprint density at radius 1 is 1.36 bits per heavy atom. The van der Waals surface area contributed by atoms with Gasteiger partial charge < -0.3 is 15.0 Å². The summed E-state index contributed by atoms with van der Waals surface area (Å²) in [5.41, 5.74) is 0.876. The molecule has 1 unspecified atom stereocenters. The number of guanidine groups is 1. The highest BCUT2D eigenvalue weighted by molar-refractivity contribution is 5.80. The Hall–Kier alpha value is -2.08. The lowest BCUT2D eigenvalue weighted by molar-refractivity contribution is 0.259. The highest BCUT2D eigenvalue weighted by atomic mass is 19.1. The normalized spacial score (nSPS) is 21.2. The summed E-state index contributed by atoms with van der Waals surface area (Å²) in [6.45, 7) is 6.94. The van der Waals surface area contributed by atoms with Crippen molar-refractivity contribution in [3.05, 3.63) is 41.7 Å². The largest absolute Gasteiger partial charge is 0.491 e. The van der Waals surface area contributed by atoms with Crippen molar-refractivity contribution in [3.63, 3.8) is 0 Å². The van der Waals surface area contributed by atoms with Gasteiger partial charge >= 0.3 is 0 Å². The summed E-state index contributed by atoms with van der Waals surface area (Å²) >= 11 is 0. The van der Waals surface area contributed by atoms with E-state index in [1.54, 1.807) is 13.1 Å². The number of benzene rings is 1. The monoisotopic (exact) mass is 346 g/mol. The number of aliphatic imine (C=N–C) groups is 1. The van der Waals surface area contributed by atoms with Crippen molar-refractivity contribution in [1.29, 1.82) is 0 Å². The average Bonchev–Trinajstić information content (AvgIpc) is 3.29. The molecule has 1 fully saturated rings. The number of nitrogens with zero attached hydrogens (tertiary/aromatic N) is 3. The van der Waals surface area contributed by atoms with Gasteiger partial charge in [-0.3, -0.25) is 9.89 Å². The minimum absolute atomic E-state index is 0.303. The molecular formula is C19H27FN4O. The minimum atomic E-state index is -0.320. The molecule has 0 amide bonds. The van der Waals surface area contributed by atoms with Gasteiger partial charge in [0.2, 0.25) is 0 Å². The van der Waals surface area contributed by atoms with Crippen LogP contribution in [-0.4, -0.2) is 61.6 Å². The zero-order chi connectivity index (χ0) is 17.6. The summed E-state index contributed by atoms with van der Waals surface area (Å²) < 4.78 is 19.2. The first-order valence-corrected chi connectivity index (χ1v) is 8.97. The molecule has 0 radical (unpaired) electrons. The van der Waals surface area contributed by atoms with E-state index in [0.29, 0.717) is 24.9 Å². The molecule has 1 saturated heterocycles. The van der Waals surface area contributed by atoms with Crippen molar-refractivity contribution in [2.24, 2.45) is 4.99 Å². The number of likely N-dealkylation sites (tertiary alicyclic amines) is 1. The van der Waals surface area contributed by atoms with Gasteiger partial charge in [-0.1, -0.05) is 18.2 Å². The molecule has 25 heavy (non-hydrogen) atoms. The first-order valence-electron chi connectivity index (χ1n) is 8.97. The van der Waals surface area contributed by atoms with Gasteiger partial charge in [-0.05, 0) is 31.0 Å². The summed E-state index contributed by atoms with van der Waals surface area (Å²) in [5, 5.41) is 3.35. The van der Waals surface area contributed by atoms with Crippen LogP contribution >= 0.6 is 0 Å². The molecule has 0 spiro atoms. The van der Waals surface area contributed by atoms with Gasteiger partial charge in [-0.15, -0.1) is 0 Å². The van der Waals surface area contributed by atoms with Gasteiger partial charge in [-0.2, -0.15) is 0 Å². The quantitative estimate of drug-likeness (QED) is 0.504. The summed E-state index contributed by atoms with van der Waals surface area (Å²) in [6, 6.07) is 5.67. The smallest absolute Gasteiger partial charge is 0.193 e. The Kier molecular flexibility index (Phi) is 5.91. The first-order chi connectivity index (χ1) is 12.2. The lowest BCUT2D eigenvalue weighted by atomic mass is 10.2. The number of hydrogen-bond acceptors (Lipinski definition) is 3. The molecule has 3 rings (SSSR count). The van der Waals surface area contributed by atoms with E-state index in [4.69, 9.17) is 4.74 Å². The Balaban J connectivity index is 1.53. The third-order valence-electron chi connectivity index (χ3n) is 4.78. The van der Waals surface area contributed by atoms with Gasteiger partial charge in [0.25, 0.3) is 0 Å². The second-order valence-electron chi connectivity index (χ2n) is 6.41. The van der Waals surface area contributed by atoms with E-state index in [2.05, 4.69) is 32.3 Å². The van der Waals surface area contributed by atoms with Crippen molar-refractivity contribution >= 4 is 5.96 Å². The molecule has 2 aliphatic rings. The van der Waals surface area contributed by atoms with Gasteiger partial charge in [-0.25, -0.2) is 4.39 Å². The maximum absolute atomic E-state index is 14.0. The zero-order valence-corrected chi connectivity index (χ0v) is 15.0. The van der Waals surface area contributed by atoms with Gasteiger partial charge in [0.1, 0.15) is 0 Å². The maximum atomic E-state index is 14.0. The van der Waals surface area contributed by atoms with Crippen molar-refractivity contribution in [3.8, 4) is 5.75 Å². The molecule has 1 aromatic carbocycles. The molecule has 0 aliphatic carbocycles. The predicted molar refractivity (Wildman–Crippen MR) is 98.5 cm³/mol. The molecule has 0 saturated carbocycles. The second-order valence-corrected chi connectivity index (χ2v) is 6.41. The van der Waals surface area contributed by atoms with Crippen LogP contribution in [0.1, 0.15) is 18.9 Å². The summed E-state index contributed by atoms with van der Waals surface area (Å²) in [7, 11) is 1.80. The van der Waals surface area contributed by atoms with Crippen LogP contribution in [0, 0.1) is 5.82 Å². The van der Waals surface area contributed by atoms with Gasteiger partial charge in [0.15, 0.2) is 17.5 Å². The number of ether oxygens (including phenoxy) is 1. The number of nitrogens with one attached hydrogen (secondary N) is 1. The van der Waals surface area contributed by atoms with Gasteiger partial charge in [0.05, 0.1) is 6.61 Å². The molecule has 2 heterocycles. The van der Waals surface area contributed by atoms with Crippen LogP contribution < -0.4 is 10.1 Å². The Labute approximate surface area is 149 Å². The van der Waals surface area contributed by atoms with E-state index in [9.17, 15) is 4.39 Å². The summed E-state index contributed by atoms with van der Waals surface area (Å²) in [4.78, 5) is 9.18. The van der Waals surface area contributed by atoms with Crippen molar-refractivity contribution < 1.29 is 9.13 Å². The van der Waals surface area contributed by atoms with Crippen molar-refractivity contribution in [2.45, 2.75) is 25.9 Å². The lowest BCUT2D eigenvalue weighted by Crippen LogP contribution is -2.42. The minimum Gasteiger partial charge on any atom is -0.491 e. The average molecular weight is 346 g/mol. The number of halogens is 1. The summed E-state index contributed by atoms with van der Waals surface area (Å²) in [6.07, 6.45) is 5.62. The molecule has 5 nitrogen and oxygen atoms in total. The molecule has 1 aromatic rings. The first kappa shape index (κ1) is 17.7. The molecule has 6 heteroatoms. The van der Waals surface area contributed by atoms with Crippen LogP contribution in [0.5, 0.6) is 5.75 Å². The molecule has 136 valence electrons. The topological polar surface area (TPSA) is 40.1 Å². The molecule has 1 atom stereocenters. The number of hydrogen-bond donors (Lipinski definition) is 1. The van der Waals surface area contributed by atoms with Crippen molar-refractivity contribution in [2.75, 3.05) is 39.8 Å². The highest BCUT2D eigenvalue weighted by Crippen LogP contribution is 2.19. The standard InChI is InChI=1S/C19H27FN4O/c1-3-25-18-7-6-15(12-17(18)20)13-22-19(21-2)24-11-8-16(14-24)23-9-4-5-10-23/h4-7,12,16H,3,8-11,13-14H2,1-2H3,(H,21,22). The Bertz CT molecular complexity index is 638. The zero-order valence-electron chi connectivity index (χ0n) is 15.0. The van der Waals surface area contributed by atoms with E-state index in [1.165, 1.54) is 6.07 Å². The van der Waals surface area contributed by atoms with Crippen LogP contribution in [0.3, 0.4) is 0 Å². The third kappa shape index (κ3) is 4.31. The van der Waals surface area contributed by atoms with E-state index >= 15 is 0 Å². The Morgan fingerprint density at radius 3 is 2.84 bits per heavy atom. The Morgan fingerprint density at radius 2 is 2.16 bits per heavy atom. The molecule has 1 N–H and O–H groups in total. The van der Waals surface area contributed by atoms with Crippen LogP contribution in [0.4, 0.5) is 4.39 Å². The highest BCUT2D eigenvalue weighted by Gasteiger charge is 2.29. The molecule has 0 bridgehead atoms. The van der Waals surface area contributed by atoms with E-state index < -0.39 is 0 Å². The predicted octanol–water partition coefficient (Wildman–Crippen LogP) is 2.25. The fourth-order valence-corrected chi connectivity index (χ4v) is 3.47. The van der Waals surface area contributed by atoms with Crippen molar-refractivity contribution in [1.82, 2.24) is 15.1 Å². The van der Waals surface area contributed by atoms with Gasteiger partial charge in [0, 0.05) is 45.8 Å². The third-order valence-corrected chi connectivity index (χ3v) is 4.78. The SMILES string of the molecule is CCOc1ccc(CNC(=NC)N2CCC(N3CC=CC3)C2)cc1F. The van der Waals surface area contributed by atoms with Crippen LogP contribution in [0.2, 0.25) is 0 Å². The fourth-order valence-electron chi connectivity index (χ4n) is 3.47. The second kappa shape index (κ2) is 8.34. The van der Waals surface area contributed by atoms with Crippen LogP contribution in [0.15, 0.2) is 35.3 Å². The van der Waals surface area contributed by atoms with E-state index in [-0.39, 0.29) is 5.82 Å². The lowest BCUT2D eigenvalue weighted by Gasteiger charge is -2.25. The van der Waals surface area contributed by atoms with E-state index in [1.807, 2.05) is 13.0 Å². The van der Waals surface area contributed by atoms with Crippen LogP contribution in [0.25, 0.3) is 0 Å². The van der Waals surface area contributed by atoms with Crippen LogP contribution in [-0.2, 0) is 6.54 Å². The van der Waals surface area contributed by atoms with E-state index in [0.717, 1.165) is 44.1 Å². The fraction of sp³-hybridized carbons (Fsp3) is 0.526. The summed E-state index contributed by atoms with van der Waals surface area (Å²) in [5.74, 6) is 0.861. The molecule has 2 aliphatic heterocycles. The molecular weight excluding hydrogens is 319 g/mol. The maximum Gasteiger partial charge on any atom is 0.193 e.